The summed E-state index contributed by atoms with van der Waals surface area (Å²) in [4.78, 5) is 15.0. The van der Waals surface area contributed by atoms with Gasteiger partial charge in [-0.25, -0.2) is 17.5 Å². The third-order valence-electron chi connectivity index (χ3n) is 3.98. The largest absolute Gasteiger partial charge is 0.321 e. The summed E-state index contributed by atoms with van der Waals surface area (Å²) in [6.07, 6.45) is 0.250. The number of para-hydroxylation sites is 1. The van der Waals surface area contributed by atoms with Gasteiger partial charge >= 0.3 is 0 Å². The second-order valence-electron chi connectivity index (χ2n) is 5.76. The molecule has 2 aromatic carbocycles. The van der Waals surface area contributed by atoms with Crippen molar-refractivity contribution in [2.75, 3.05) is 6.54 Å². The van der Waals surface area contributed by atoms with Gasteiger partial charge in [-0.15, -0.1) is 0 Å². The highest BCUT2D eigenvalue weighted by molar-refractivity contribution is 7.89. The van der Waals surface area contributed by atoms with Crippen LogP contribution in [0.25, 0.3) is 10.9 Å². The van der Waals surface area contributed by atoms with Gasteiger partial charge < -0.3 is 4.98 Å². The Morgan fingerprint density at radius 2 is 1.84 bits per heavy atom. The highest BCUT2D eigenvalue weighted by atomic mass is 32.2. The molecule has 1 heterocycles. The van der Waals surface area contributed by atoms with E-state index in [1.165, 1.54) is 12.1 Å². The Kier molecular flexibility index (Phi) is 4.69. The van der Waals surface area contributed by atoms with Gasteiger partial charge in [-0.2, -0.15) is 0 Å². The van der Waals surface area contributed by atoms with Crippen LogP contribution in [-0.4, -0.2) is 19.9 Å². The van der Waals surface area contributed by atoms with E-state index in [-0.39, 0.29) is 23.4 Å². The molecule has 5 nitrogen and oxygen atoms in total. The molecule has 0 fully saturated rings. The summed E-state index contributed by atoms with van der Waals surface area (Å²) in [6.45, 7) is 1.98. The minimum Gasteiger partial charge on any atom is -0.321 e. The molecule has 0 saturated carbocycles. The topological polar surface area (TPSA) is 79.0 Å². The smallest absolute Gasteiger partial charge is 0.251 e. The molecule has 0 aliphatic rings. The zero-order valence-electron chi connectivity index (χ0n) is 13.5. The Hall–Kier alpha value is -2.51. The molecule has 0 bridgehead atoms. The monoisotopic (exact) mass is 360 g/mol. The Morgan fingerprint density at radius 3 is 2.56 bits per heavy atom. The van der Waals surface area contributed by atoms with Crippen LogP contribution in [0.2, 0.25) is 0 Å². The number of rotatable bonds is 5. The van der Waals surface area contributed by atoms with Crippen LogP contribution in [0.15, 0.2) is 58.2 Å². The lowest BCUT2D eigenvalue weighted by atomic mass is 10.1. The Morgan fingerprint density at radius 1 is 1.12 bits per heavy atom. The van der Waals surface area contributed by atoms with Crippen molar-refractivity contribution in [2.45, 2.75) is 18.2 Å². The maximum Gasteiger partial charge on any atom is 0.251 e. The summed E-state index contributed by atoms with van der Waals surface area (Å²) < 4.78 is 39.6. The van der Waals surface area contributed by atoms with Crippen molar-refractivity contribution in [3.63, 3.8) is 0 Å². The highest BCUT2D eigenvalue weighted by Crippen LogP contribution is 2.15. The zero-order valence-corrected chi connectivity index (χ0v) is 14.4. The standard InChI is InChI=1S/C18H17FN2O3S/c1-12-3-2-4-13-11-14(18(22)21-17(12)13)9-10-20-25(23,24)16-7-5-15(19)6-8-16/h2-8,11,20H,9-10H2,1H3,(H,21,22). The molecule has 130 valence electrons. The number of pyridine rings is 1. The first-order valence-electron chi connectivity index (χ1n) is 7.73. The molecule has 0 amide bonds. The maximum absolute atomic E-state index is 12.9. The van der Waals surface area contributed by atoms with Crippen molar-refractivity contribution in [1.82, 2.24) is 9.71 Å². The van der Waals surface area contributed by atoms with E-state index in [9.17, 15) is 17.6 Å². The summed E-state index contributed by atoms with van der Waals surface area (Å²) in [5.74, 6) is -0.503. The summed E-state index contributed by atoms with van der Waals surface area (Å²) >= 11 is 0. The van der Waals surface area contributed by atoms with E-state index in [2.05, 4.69) is 9.71 Å². The molecule has 0 aliphatic heterocycles. The summed E-state index contributed by atoms with van der Waals surface area (Å²) in [5, 5.41) is 0.899. The number of aryl methyl sites for hydroxylation is 1. The van der Waals surface area contributed by atoms with Crippen molar-refractivity contribution in [3.8, 4) is 0 Å². The van der Waals surface area contributed by atoms with Crippen molar-refractivity contribution in [1.29, 1.82) is 0 Å². The van der Waals surface area contributed by atoms with Gasteiger partial charge in [0.15, 0.2) is 0 Å². The molecule has 0 aliphatic carbocycles. The first-order chi connectivity index (χ1) is 11.9. The molecular weight excluding hydrogens is 343 g/mol. The molecule has 3 rings (SSSR count). The molecule has 0 saturated heterocycles. The number of aromatic amines is 1. The summed E-state index contributed by atoms with van der Waals surface area (Å²) in [6, 6.07) is 12.0. The molecule has 25 heavy (non-hydrogen) atoms. The quantitative estimate of drug-likeness (QED) is 0.734. The lowest BCUT2D eigenvalue weighted by molar-refractivity contribution is 0.580. The summed E-state index contributed by atoms with van der Waals surface area (Å²) in [5.41, 5.74) is 2.02. The van der Waals surface area contributed by atoms with Crippen LogP contribution in [0, 0.1) is 12.7 Å². The lowest BCUT2D eigenvalue weighted by Crippen LogP contribution is -2.27. The normalized spacial score (nSPS) is 11.8. The van der Waals surface area contributed by atoms with Crippen molar-refractivity contribution >= 4 is 20.9 Å². The Labute approximate surface area is 144 Å². The second-order valence-corrected chi connectivity index (χ2v) is 7.53. The minimum absolute atomic E-state index is 0.0167. The molecule has 0 radical (unpaired) electrons. The predicted molar refractivity (Wildman–Crippen MR) is 94.6 cm³/mol. The van der Waals surface area contributed by atoms with Crippen LogP contribution in [0.4, 0.5) is 4.39 Å². The van der Waals surface area contributed by atoms with Crippen LogP contribution >= 0.6 is 0 Å². The number of fused-ring (bicyclic) bond motifs is 1. The fraction of sp³-hybridized carbons (Fsp3) is 0.167. The van der Waals surface area contributed by atoms with Crippen LogP contribution < -0.4 is 10.3 Å². The third-order valence-corrected chi connectivity index (χ3v) is 5.45. The fourth-order valence-corrected chi connectivity index (χ4v) is 3.66. The number of sulfonamides is 1. The van der Waals surface area contributed by atoms with Crippen molar-refractivity contribution < 1.29 is 12.8 Å². The molecule has 7 heteroatoms. The number of halogens is 1. The van der Waals surface area contributed by atoms with E-state index in [1.807, 2.05) is 25.1 Å². The zero-order chi connectivity index (χ0) is 18.0. The Bertz CT molecular complexity index is 1070. The maximum atomic E-state index is 12.9. The van der Waals surface area contributed by atoms with Crippen molar-refractivity contribution in [2.24, 2.45) is 0 Å². The molecule has 0 atom stereocenters. The first-order valence-corrected chi connectivity index (χ1v) is 9.22. The molecule has 3 aromatic rings. The van der Waals surface area contributed by atoms with Crippen LogP contribution in [-0.2, 0) is 16.4 Å². The van der Waals surface area contributed by atoms with E-state index in [1.54, 1.807) is 6.07 Å². The highest BCUT2D eigenvalue weighted by Gasteiger charge is 2.14. The predicted octanol–water partition coefficient (Wildman–Crippen LogP) is 2.50. The van der Waals surface area contributed by atoms with Crippen LogP contribution in [0.5, 0.6) is 0 Å². The summed E-state index contributed by atoms with van der Waals surface area (Å²) in [7, 11) is -3.74. The number of H-pyrrole nitrogens is 1. The third kappa shape index (κ3) is 3.78. The van der Waals surface area contributed by atoms with Crippen molar-refractivity contribution in [3.05, 3.63) is 75.8 Å². The van der Waals surface area contributed by atoms with Crippen LogP contribution in [0.1, 0.15) is 11.1 Å². The van der Waals surface area contributed by atoms with E-state index in [0.29, 0.717) is 5.56 Å². The van der Waals surface area contributed by atoms with Gasteiger partial charge in [0.05, 0.1) is 10.4 Å². The van der Waals surface area contributed by atoms with E-state index < -0.39 is 15.8 Å². The van der Waals surface area contributed by atoms with Gasteiger partial charge in [-0.3, -0.25) is 4.79 Å². The molecule has 2 N–H and O–H groups in total. The molecule has 0 spiro atoms. The average molecular weight is 360 g/mol. The number of hydrogen-bond donors (Lipinski definition) is 2. The van der Waals surface area contributed by atoms with Gasteiger partial charge in [-0.1, -0.05) is 18.2 Å². The van der Waals surface area contributed by atoms with Gasteiger partial charge in [0.1, 0.15) is 5.82 Å². The Balaban J connectivity index is 1.76. The van der Waals surface area contributed by atoms with E-state index in [4.69, 9.17) is 0 Å². The lowest BCUT2D eigenvalue weighted by Gasteiger charge is -2.08. The van der Waals surface area contributed by atoms with Gasteiger partial charge in [0, 0.05) is 12.1 Å². The molecule has 0 unspecified atom stereocenters. The SMILES string of the molecule is Cc1cccc2cc(CCNS(=O)(=O)c3ccc(F)cc3)c(=O)[nH]c12. The van der Waals surface area contributed by atoms with Gasteiger partial charge in [0.2, 0.25) is 10.0 Å². The van der Waals surface area contributed by atoms with Gasteiger partial charge in [-0.05, 0) is 54.6 Å². The first kappa shape index (κ1) is 17.3. The fourth-order valence-electron chi connectivity index (χ4n) is 2.63. The van der Waals surface area contributed by atoms with Crippen LogP contribution in [0.3, 0.4) is 0 Å². The number of nitrogens with one attached hydrogen (secondary N) is 2. The van der Waals surface area contributed by atoms with E-state index >= 15 is 0 Å². The molecular formula is C18H17FN2O3S. The number of hydrogen-bond acceptors (Lipinski definition) is 3. The number of benzene rings is 2. The minimum atomic E-state index is -3.74. The molecule has 1 aromatic heterocycles. The average Bonchev–Trinajstić information content (AvgIpc) is 2.56. The van der Waals surface area contributed by atoms with E-state index in [0.717, 1.165) is 28.6 Å². The number of aromatic nitrogens is 1. The second kappa shape index (κ2) is 6.78. The van der Waals surface area contributed by atoms with Gasteiger partial charge in [0.25, 0.3) is 5.56 Å².